The van der Waals surface area contributed by atoms with Gasteiger partial charge < -0.3 is 15.2 Å². The monoisotopic (exact) mass is 241 g/mol. The highest BCUT2D eigenvalue weighted by atomic mass is 16.5. The van der Waals surface area contributed by atoms with Gasteiger partial charge in [0.2, 0.25) is 0 Å². The van der Waals surface area contributed by atoms with Gasteiger partial charge in [-0.15, -0.1) is 0 Å². The van der Waals surface area contributed by atoms with Crippen molar-refractivity contribution in [1.29, 1.82) is 0 Å². The average Bonchev–Trinajstić information content (AvgIpc) is 2.65. The second-order valence-electron chi connectivity index (χ2n) is 4.20. The first-order valence-electron chi connectivity index (χ1n) is 6.06. The predicted molar refractivity (Wildman–Crippen MR) is 66.8 cm³/mol. The maximum atomic E-state index is 9.47. The molecule has 0 aliphatic carbocycles. The number of methoxy groups -OCH3 is 1. The lowest BCUT2D eigenvalue weighted by atomic mass is 10.2. The van der Waals surface area contributed by atoms with Gasteiger partial charge in [-0.2, -0.15) is 5.10 Å². The lowest BCUT2D eigenvalue weighted by molar-refractivity contribution is 0.0594. The number of hydrogen-bond acceptors (Lipinski definition) is 4. The number of aliphatic hydroxyl groups is 1. The fraction of sp³-hybridized carbons (Fsp3) is 0.750. The Bertz CT molecular complexity index is 326. The summed E-state index contributed by atoms with van der Waals surface area (Å²) in [5, 5.41) is 17.2. The van der Waals surface area contributed by atoms with Crippen LogP contribution < -0.4 is 5.32 Å². The fourth-order valence-electron chi connectivity index (χ4n) is 1.80. The molecular formula is C12H23N3O2. The number of aliphatic hydroxyl groups excluding tert-OH is 1. The van der Waals surface area contributed by atoms with Gasteiger partial charge in [-0.3, -0.25) is 4.68 Å². The smallest absolute Gasteiger partial charge is 0.0785 e. The Morgan fingerprint density at radius 2 is 2.35 bits per heavy atom. The van der Waals surface area contributed by atoms with E-state index in [1.165, 1.54) is 5.56 Å². The van der Waals surface area contributed by atoms with Crippen LogP contribution in [-0.4, -0.2) is 41.3 Å². The van der Waals surface area contributed by atoms with Gasteiger partial charge in [-0.1, -0.05) is 6.92 Å². The van der Waals surface area contributed by atoms with Gasteiger partial charge in [0.25, 0.3) is 0 Å². The normalized spacial score (nSPS) is 12.9. The minimum atomic E-state index is -0.382. The molecule has 0 aromatic carbocycles. The molecule has 0 aliphatic heterocycles. The molecule has 98 valence electrons. The molecule has 0 bridgehead atoms. The first-order chi connectivity index (χ1) is 8.17. The van der Waals surface area contributed by atoms with Crippen LogP contribution >= 0.6 is 0 Å². The van der Waals surface area contributed by atoms with Gasteiger partial charge >= 0.3 is 0 Å². The van der Waals surface area contributed by atoms with Gasteiger partial charge in [0.05, 0.1) is 18.4 Å². The second kappa shape index (κ2) is 7.42. The van der Waals surface area contributed by atoms with Gasteiger partial charge in [0, 0.05) is 32.5 Å². The van der Waals surface area contributed by atoms with E-state index in [9.17, 15) is 5.11 Å². The van der Waals surface area contributed by atoms with Crippen LogP contribution in [-0.2, 0) is 24.8 Å². The zero-order valence-electron chi connectivity index (χ0n) is 10.9. The zero-order valence-corrected chi connectivity index (χ0v) is 10.9. The summed E-state index contributed by atoms with van der Waals surface area (Å²) in [5.41, 5.74) is 2.37. The van der Waals surface area contributed by atoms with Crippen molar-refractivity contribution in [1.82, 2.24) is 15.1 Å². The lowest BCUT2D eigenvalue weighted by Gasteiger charge is -2.09. The Hall–Kier alpha value is -0.910. The van der Waals surface area contributed by atoms with Gasteiger partial charge in [0.15, 0.2) is 0 Å². The summed E-state index contributed by atoms with van der Waals surface area (Å²) in [7, 11) is 3.53. The maximum absolute atomic E-state index is 9.47. The molecular weight excluding hydrogens is 218 g/mol. The van der Waals surface area contributed by atoms with Crippen LogP contribution in [0.2, 0.25) is 0 Å². The van der Waals surface area contributed by atoms with Crippen molar-refractivity contribution in [3.05, 3.63) is 17.5 Å². The number of hydrogen-bond donors (Lipinski definition) is 2. The van der Waals surface area contributed by atoms with Crippen LogP contribution in [0.15, 0.2) is 6.20 Å². The first kappa shape index (κ1) is 14.2. The van der Waals surface area contributed by atoms with E-state index in [1.807, 2.05) is 17.9 Å². The van der Waals surface area contributed by atoms with Crippen molar-refractivity contribution in [2.24, 2.45) is 7.05 Å². The molecule has 17 heavy (non-hydrogen) atoms. The topological polar surface area (TPSA) is 59.3 Å². The highest BCUT2D eigenvalue weighted by Gasteiger charge is 2.06. The molecule has 0 amide bonds. The third kappa shape index (κ3) is 4.85. The Kier molecular flexibility index (Phi) is 6.18. The van der Waals surface area contributed by atoms with Gasteiger partial charge in [-0.25, -0.2) is 0 Å². The molecule has 0 aliphatic rings. The molecule has 0 saturated heterocycles. The minimum Gasteiger partial charge on any atom is -0.391 e. The quantitative estimate of drug-likeness (QED) is 0.650. The average molecular weight is 241 g/mol. The Morgan fingerprint density at radius 3 is 3.00 bits per heavy atom. The standard InChI is InChI=1S/C12H23N3O2/c1-4-12-10(8-15(2)14-12)7-13-6-5-11(16)9-17-3/h8,11,13,16H,4-7,9H2,1-3H3. The van der Waals surface area contributed by atoms with Crippen molar-refractivity contribution in [2.45, 2.75) is 32.4 Å². The van der Waals surface area contributed by atoms with E-state index in [0.29, 0.717) is 13.0 Å². The molecule has 5 heteroatoms. The molecule has 1 atom stereocenters. The fourth-order valence-corrected chi connectivity index (χ4v) is 1.80. The molecule has 0 saturated carbocycles. The molecule has 1 rings (SSSR count). The van der Waals surface area contributed by atoms with Crippen molar-refractivity contribution < 1.29 is 9.84 Å². The van der Waals surface area contributed by atoms with Crippen LogP contribution in [0, 0.1) is 0 Å². The maximum Gasteiger partial charge on any atom is 0.0785 e. The number of aryl methyl sites for hydroxylation is 2. The number of nitrogens with one attached hydrogen (secondary N) is 1. The Labute approximate surface area is 103 Å². The molecule has 0 spiro atoms. The van der Waals surface area contributed by atoms with Crippen LogP contribution in [0.4, 0.5) is 0 Å². The number of rotatable bonds is 8. The van der Waals surface area contributed by atoms with Gasteiger partial charge in [-0.05, 0) is 19.4 Å². The van der Waals surface area contributed by atoms with Gasteiger partial charge in [0.1, 0.15) is 0 Å². The number of ether oxygens (including phenoxy) is 1. The van der Waals surface area contributed by atoms with Crippen LogP contribution in [0.5, 0.6) is 0 Å². The summed E-state index contributed by atoms with van der Waals surface area (Å²) < 4.78 is 6.71. The Balaban J connectivity index is 2.26. The molecule has 1 aromatic rings. The third-order valence-corrected chi connectivity index (χ3v) is 2.66. The summed E-state index contributed by atoms with van der Waals surface area (Å²) in [6.07, 6.45) is 3.31. The summed E-state index contributed by atoms with van der Waals surface area (Å²) in [6.45, 7) is 4.09. The highest BCUT2D eigenvalue weighted by Crippen LogP contribution is 2.06. The minimum absolute atomic E-state index is 0.382. The molecule has 1 aromatic heterocycles. The summed E-state index contributed by atoms with van der Waals surface area (Å²) >= 11 is 0. The number of nitrogens with zero attached hydrogens (tertiary/aromatic N) is 2. The molecule has 5 nitrogen and oxygen atoms in total. The van der Waals surface area contributed by atoms with Crippen molar-refractivity contribution in [3.63, 3.8) is 0 Å². The van der Waals surface area contributed by atoms with Crippen LogP contribution in [0.3, 0.4) is 0 Å². The van der Waals surface area contributed by atoms with E-state index >= 15 is 0 Å². The van der Waals surface area contributed by atoms with Crippen molar-refractivity contribution in [2.75, 3.05) is 20.3 Å². The Morgan fingerprint density at radius 1 is 1.59 bits per heavy atom. The summed E-state index contributed by atoms with van der Waals surface area (Å²) in [6, 6.07) is 0. The number of aromatic nitrogens is 2. The predicted octanol–water partition coefficient (Wildman–Crippen LogP) is 0.469. The van der Waals surface area contributed by atoms with E-state index in [1.54, 1.807) is 7.11 Å². The van der Waals surface area contributed by atoms with E-state index in [2.05, 4.69) is 17.3 Å². The van der Waals surface area contributed by atoms with Crippen molar-refractivity contribution in [3.8, 4) is 0 Å². The molecule has 0 fully saturated rings. The summed E-state index contributed by atoms with van der Waals surface area (Å²) in [5.74, 6) is 0. The first-order valence-corrected chi connectivity index (χ1v) is 6.06. The largest absolute Gasteiger partial charge is 0.391 e. The lowest BCUT2D eigenvalue weighted by Crippen LogP contribution is -2.23. The highest BCUT2D eigenvalue weighted by molar-refractivity contribution is 5.16. The van der Waals surface area contributed by atoms with E-state index in [0.717, 1.165) is 25.2 Å². The molecule has 1 heterocycles. The molecule has 1 unspecified atom stereocenters. The van der Waals surface area contributed by atoms with E-state index in [4.69, 9.17) is 4.74 Å². The zero-order chi connectivity index (χ0) is 12.7. The van der Waals surface area contributed by atoms with Crippen molar-refractivity contribution >= 4 is 0 Å². The second-order valence-corrected chi connectivity index (χ2v) is 4.20. The SMILES string of the molecule is CCc1nn(C)cc1CNCCC(O)COC. The molecule has 0 radical (unpaired) electrons. The third-order valence-electron chi connectivity index (χ3n) is 2.66. The van der Waals surface area contributed by atoms with Crippen LogP contribution in [0.1, 0.15) is 24.6 Å². The summed E-state index contributed by atoms with van der Waals surface area (Å²) in [4.78, 5) is 0. The van der Waals surface area contributed by atoms with E-state index in [-0.39, 0.29) is 6.10 Å². The van der Waals surface area contributed by atoms with E-state index < -0.39 is 0 Å². The van der Waals surface area contributed by atoms with Crippen LogP contribution in [0.25, 0.3) is 0 Å². The molecule has 2 N–H and O–H groups in total.